The molecule has 0 aliphatic heterocycles. The fraction of sp³-hybridized carbons (Fsp3) is 0.0435. The summed E-state index contributed by atoms with van der Waals surface area (Å²) in [5.74, 6) is -0.795. The second kappa shape index (κ2) is 8.40. The highest BCUT2D eigenvalue weighted by Gasteiger charge is 2.11. The number of anilines is 3. The van der Waals surface area contributed by atoms with Gasteiger partial charge in [-0.2, -0.15) is 0 Å². The molecule has 0 unspecified atom stereocenters. The van der Waals surface area contributed by atoms with Gasteiger partial charge >= 0.3 is 5.97 Å². The molecule has 0 fully saturated rings. The Hall–Kier alpha value is -4.26. The van der Waals surface area contributed by atoms with Crippen LogP contribution in [0.1, 0.15) is 20.8 Å². The number of ether oxygens (including phenoxy) is 1. The monoisotopic (exact) mass is 398 g/mol. The number of esters is 1. The minimum atomic E-state index is -0.434. The predicted octanol–water partition coefficient (Wildman–Crippen LogP) is 4.41. The second-order valence-corrected chi connectivity index (χ2v) is 6.46. The Balaban J connectivity index is 1.51. The van der Waals surface area contributed by atoms with Gasteiger partial charge in [-0.1, -0.05) is 18.2 Å². The van der Waals surface area contributed by atoms with Crippen LogP contribution in [0.3, 0.4) is 0 Å². The van der Waals surface area contributed by atoms with Crippen LogP contribution in [0.2, 0.25) is 0 Å². The smallest absolute Gasteiger partial charge is 0.337 e. The average molecular weight is 398 g/mol. The zero-order valence-electron chi connectivity index (χ0n) is 16.1. The van der Waals surface area contributed by atoms with E-state index in [1.165, 1.54) is 7.11 Å². The van der Waals surface area contributed by atoms with Crippen LogP contribution in [0.4, 0.5) is 17.1 Å². The molecular weight excluding hydrogens is 380 g/mol. The maximum atomic E-state index is 12.6. The number of aromatic nitrogens is 2. The quantitative estimate of drug-likeness (QED) is 0.484. The van der Waals surface area contributed by atoms with Crippen LogP contribution in [0.15, 0.2) is 79.1 Å². The molecule has 0 saturated heterocycles. The van der Waals surface area contributed by atoms with Gasteiger partial charge in [0.05, 0.1) is 23.9 Å². The molecule has 1 amide bonds. The maximum absolute atomic E-state index is 12.6. The first-order valence-corrected chi connectivity index (χ1v) is 9.20. The van der Waals surface area contributed by atoms with E-state index in [4.69, 9.17) is 0 Å². The summed E-state index contributed by atoms with van der Waals surface area (Å²) < 4.78 is 4.67. The molecule has 0 aliphatic carbocycles. The topological polar surface area (TPSA) is 93.2 Å². The summed E-state index contributed by atoms with van der Waals surface area (Å²) >= 11 is 0. The van der Waals surface area contributed by atoms with E-state index >= 15 is 0 Å². The normalized spacial score (nSPS) is 10.4. The van der Waals surface area contributed by atoms with Crippen LogP contribution < -0.4 is 10.6 Å². The molecule has 0 radical (unpaired) electrons. The Morgan fingerprint density at radius 2 is 1.67 bits per heavy atom. The second-order valence-electron chi connectivity index (χ2n) is 6.46. The molecule has 2 aromatic carbocycles. The van der Waals surface area contributed by atoms with Crippen molar-refractivity contribution in [3.63, 3.8) is 0 Å². The number of nitrogens with zero attached hydrogens (tertiary/aromatic N) is 2. The van der Waals surface area contributed by atoms with Crippen molar-refractivity contribution >= 4 is 39.8 Å². The van der Waals surface area contributed by atoms with Gasteiger partial charge in [-0.25, -0.2) is 4.79 Å². The zero-order chi connectivity index (χ0) is 20.9. The largest absolute Gasteiger partial charge is 0.465 e. The lowest BCUT2D eigenvalue weighted by Crippen LogP contribution is -2.14. The van der Waals surface area contributed by atoms with Crippen LogP contribution in [0.5, 0.6) is 0 Å². The van der Waals surface area contributed by atoms with E-state index in [0.717, 1.165) is 16.6 Å². The van der Waals surface area contributed by atoms with E-state index in [-0.39, 0.29) is 11.6 Å². The molecule has 2 heterocycles. The lowest BCUT2D eigenvalue weighted by molar-refractivity contribution is 0.0600. The summed E-state index contributed by atoms with van der Waals surface area (Å²) in [6.45, 7) is 0. The van der Waals surface area contributed by atoms with Gasteiger partial charge in [0.1, 0.15) is 5.69 Å². The van der Waals surface area contributed by atoms with E-state index in [9.17, 15) is 9.59 Å². The number of pyridine rings is 2. The van der Waals surface area contributed by atoms with Crippen molar-refractivity contribution in [2.45, 2.75) is 0 Å². The van der Waals surface area contributed by atoms with Gasteiger partial charge in [-0.3, -0.25) is 14.8 Å². The van der Waals surface area contributed by atoms with Crippen LogP contribution in [-0.4, -0.2) is 29.0 Å². The van der Waals surface area contributed by atoms with Crippen molar-refractivity contribution < 1.29 is 14.3 Å². The van der Waals surface area contributed by atoms with Gasteiger partial charge < -0.3 is 15.4 Å². The molecule has 0 bridgehead atoms. The molecule has 30 heavy (non-hydrogen) atoms. The molecule has 0 aliphatic rings. The molecule has 4 rings (SSSR count). The van der Waals surface area contributed by atoms with Crippen molar-refractivity contribution in [3.05, 3.63) is 90.4 Å². The number of hydrogen-bond acceptors (Lipinski definition) is 6. The molecule has 7 heteroatoms. The van der Waals surface area contributed by atoms with E-state index in [2.05, 4.69) is 25.3 Å². The minimum absolute atomic E-state index is 0.255. The number of nitrogens with one attached hydrogen (secondary N) is 2. The van der Waals surface area contributed by atoms with Crippen molar-refractivity contribution in [1.82, 2.24) is 9.97 Å². The first-order valence-electron chi connectivity index (χ1n) is 9.20. The maximum Gasteiger partial charge on any atom is 0.337 e. The molecule has 0 saturated carbocycles. The number of carbonyl (C=O) groups is 2. The standard InChI is InChI=1S/C23H18N4O3/c1-30-23(29)16-7-9-17(10-8-16)27-22(28)20-14-18(11-13-24-20)26-19-6-2-4-15-5-3-12-25-21(15)19/h2-14H,1H3,(H,24,26)(H,27,28). The minimum Gasteiger partial charge on any atom is -0.465 e. The van der Waals surface area contributed by atoms with Crippen molar-refractivity contribution in [2.24, 2.45) is 0 Å². The number of hydrogen-bond donors (Lipinski definition) is 2. The molecule has 0 spiro atoms. The lowest BCUT2D eigenvalue weighted by atomic mass is 10.2. The summed E-state index contributed by atoms with van der Waals surface area (Å²) in [7, 11) is 1.32. The van der Waals surface area contributed by atoms with Gasteiger partial charge in [-0.05, 0) is 48.5 Å². The van der Waals surface area contributed by atoms with E-state index in [0.29, 0.717) is 16.9 Å². The number of carbonyl (C=O) groups excluding carboxylic acids is 2. The fourth-order valence-electron chi connectivity index (χ4n) is 3.00. The van der Waals surface area contributed by atoms with E-state index in [1.54, 1.807) is 48.8 Å². The van der Waals surface area contributed by atoms with Crippen LogP contribution in [0, 0.1) is 0 Å². The molecule has 2 N–H and O–H groups in total. The average Bonchev–Trinajstić information content (AvgIpc) is 2.79. The van der Waals surface area contributed by atoms with Crippen molar-refractivity contribution in [3.8, 4) is 0 Å². The lowest BCUT2D eigenvalue weighted by Gasteiger charge is -2.10. The van der Waals surface area contributed by atoms with Gasteiger partial charge in [0, 0.05) is 29.2 Å². The van der Waals surface area contributed by atoms with E-state index < -0.39 is 5.97 Å². The van der Waals surface area contributed by atoms with Gasteiger partial charge in [0.15, 0.2) is 0 Å². The molecule has 2 aromatic heterocycles. The van der Waals surface area contributed by atoms with Crippen LogP contribution in [-0.2, 0) is 4.74 Å². The Labute approximate surface area is 172 Å². The molecule has 0 atom stereocenters. The van der Waals surface area contributed by atoms with Gasteiger partial charge in [0.25, 0.3) is 5.91 Å². The summed E-state index contributed by atoms with van der Waals surface area (Å²) in [5, 5.41) is 7.09. The third-order valence-corrected chi connectivity index (χ3v) is 4.47. The Morgan fingerprint density at radius 3 is 2.47 bits per heavy atom. The van der Waals surface area contributed by atoms with Crippen molar-refractivity contribution in [2.75, 3.05) is 17.7 Å². The Kier molecular flexibility index (Phi) is 5.34. The summed E-state index contributed by atoms with van der Waals surface area (Å²) in [6, 6.07) is 19.6. The highest BCUT2D eigenvalue weighted by atomic mass is 16.5. The molecular formula is C23H18N4O3. The Morgan fingerprint density at radius 1 is 0.867 bits per heavy atom. The number of rotatable bonds is 5. The highest BCUT2D eigenvalue weighted by molar-refractivity contribution is 6.04. The number of amides is 1. The predicted molar refractivity (Wildman–Crippen MR) is 115 cm³/mol. The summed E-state index contributed by atoms with van der Waals surface area (Å²) in [5.41, 5.74) is 3.60. The fourth-order valence-corrected chi connectivity index (χ4v) is 3.00. The zero-order valence-corrected chi connectivity index (χ0v) is 16.1. The highest BCUT2D eigenvalue weighted by Crippen LogP contribution is 2.24. The number of methoxy groups -OCH3 is 1. The summed E-state index contributed by atoms with van der Waals surface area (Å²) in [6.07, 6.45) is 3.31. The molecule has 148 valence electrons. The first kappa shape index (κ1) is 19.1. The van der Waals surface area contributed by atoms with Gasteiger partial charge in [-0.15, -0.1) is 0 Å². The molecule has 4 aromatic rings. The number of para-hydroxylation sites is 1. The third-order valence-electron chi connectivity index (χ3n) is 4.47. The van der Waals surface area contributed by atoms with Crippen LogP contribution >= 0.6 is 0 Å². The number of benzene rings is 2. The Bertz CT molecular complexity index is 1220. The third kappa shape index (κ3) is 4.10. The SMILES string of the molecule is COC(=O)c1ccc(NC(=O)c2cc(Nc3cccc4cccnc34)ccn2)cc1. The molecule has 7 nitrogen and oxygen atoms in total. The number of fused-ring (bicyclic) bond motifs is 1. The van der Waals surface area contributed by atoms with Gasteiger partial charge in [0.2, 0.25) is 0 Å². The first-order chi connectivity index (χ1) is 14.6. The van der Waals surface area contributed by atoms with Crippen LogP contribution in [0.25, 0.3) is 10.9 Å². The van der Waals surface area contributed by atoms with Crippen molar-refractivity contribution in [1.29, 1.82) is 0 Å². The van der Waals surface area contributed by atoms with E-state index in [1.807, 2.05) is 30.3 Å². The summed E-state index contributed by atoms with van der Waals surface area (Å²) in [4.78, 5) is 32.7.